The maximum atomic E-state index is 5.34. The van der Waals surface area contributed by atoms with Gasteiger partial charge in [-0.3, -0.25) is 0 Å². The molecule has 0 bridgehead atoms. The summed E-state index contributed by atoms with van der Waals surface area (Å²) in [4.78, 5) is 2.99. The van der Waals surface area contributed by atoms with Gasteiger partial charge in [-0.2, -0.15) is 0 Å². The van der Waals surface area contributed by atoms with Crippen molar-refractivity contribution >= 4 is 11.8 Å². The van der Waals surface area contributed by atoms with Crippen molar-refractivity contribution in [3.8, 4) is 0 Å². The first-order valence-corrected chi connectivity index (χ1v) is 7.12. The summed E-state index contributed by atoms with van der Waals surface area (Å²) in [5.41, 5.74) is 2.99. The molecular formula is C16H14OS. The summed E-state index contributed by atoms with van der Waals surface area (Å²) < 4.78 is 5.34. The number of rotatable bonds is 1. The Labute approximate surface area is 111 Å². The molecule has 4 aliphatic rings. The first kappa shape index (κ1) is 10.5. The molecule has 0 saturated carbocycles. The zero-order valence-electron chi connectivity index (χ0n) is 10.2. The van der Waals surface area contributed by atoms with Gasteiger partial charge in [-0.05, 0) is 29.7 Å². The molecule has 0 aromatic heterocycles. The highest BCUT2D eigenvalue weighted by Crippen LogP contribution is 2.57. The van der Waals surface area contributed by atoms with E-state index in [1.165, 1.54) is 21.0 Å². The van der Waals surface area contributed by atoms with Crippen molar-refractivity contribution in [3.05, 3.63) is 69.2 Å². The van der Waals surface area contributed by atoms with Crippen LogP contribution in [0.2, 0.25) is 0 Å². The standard InChI is InChI=1S/C16H14OS/c1-17-11-6-7-13-14-8-10-4-2-3-5-12(10)16(14)18-15(13)9-11/h2-6,8-9,12-13H,7H2,1H3. The number of hydrogen-bond donors (Lipinski definition) is 0. The maximum absolute atomic E-state index is 5.34. The highest BCUT2D eigenvalue weighted by molar-refractivity contribution is 8.07. The first-order valence-electron chi connectivity index (χ1n) is 6.31. The van der Waals surface area contributed by atoms with E-state index >= 15 is 0 Å². The molecule has 0 N–H and O–H groups in total. The molecule has 1 nitrogen and oxygen atoms in total. The minimum atomic E-state index is 0.507. The third kappa shape index (κ3) is 1.36. The summed E-state index contributed by atoms with van der Waals surface area (Å²) >= 11 is 1.95. The van der Waals surface area contributed by atoms with Gasteiger partial charge in [-0.15, -0.1) is 0 Å². The lowest BCUT2D eigenvalue weighted by atomic mass is 9.92. The molecule has 18 heavy (non-hydrogen) atoms. The van der Waals surface area contributed by atoms with Crippen LogP contribution >= 0.6 is 11.8 Å². The quantitative estimate of drug-likeness (QED) is 0.696. The fraction of sp³-hybridized carbons (Fsp3) is 0.250. The Kier molecular flexibility index (Phi) is 2.21. The van der Waals surface area contributed by atoms with E-state index in [4.69, 9.17) is 4.74 Å². The zero-order chi connectivity index (χ0) is 12.1. The van der Waals surface area contributed by atoms with Gasteiger partial charge in [0.15, 0.2) is 0 Å². The molecule has 90 valence electrons. The summed E-state index contributed by atoms with van der Waals surface area (Å²) in [5.74, 6) is 2.09. The monoisotopic (exact) mass is 254 g/mol. The van der Waals surface area contributed by atoms with Crippen molar-refractivity contribution in [2.45, 2.75) is 6.42 Å². The van der Waals surface area contributed by atoms with Crippen molar-refractivity contribution in [1.82, 2.24) is 0 Å². The minimum Gasteiger partial charge on any atom is -0.497 e. The molecule has 0 aromatic rings. The van der Waals surface area contributed by atoms with Crippen LogP contribution in [0, 0.1) is 11.8 Å². The molecule has 2 atom stereocenters. The molecule has 2 unspecified atom stereocenters. The van der Waals surface area contributed by atoms with E-state index in [1.54, 1.807) is 7.11 Å². The van der Waals surface area contributed by atoms with Crippen LogP contribution in [0.5, 0.6) is 0 Å². The Morgan fingerprint density at radius 3 is 3.11 bits per heavy atom. The lowest BCUT2D eigenvalue weighted by Crippen LogP contribution is -2.04. The molecule has 3 aliphatic carbocycles. The van der Waals surface area contributed by atoms with Crippen molar-refractivity contribution in [2.24, 2.45) is 11.8 Å². The molecule has 1 heterocycles. The third-order valence-electron chi connectivity index (χ3n) is 3.97. The van der Waals surface area contributed by atoms with Crippen molar-refractivity contribution in [2.75, 3.05) is 7.11 Å². The Hall–Kier alpha value is -1.41. The smallest absolute Gasteiger partial charge is 0.115 e. The Bertz CT molecular complexity index is 599. The van der Waals surface area contributed by atoms with Gasteiger partial charge in [0.2, 0.25) is 0 Å². The Morgan fingerprint density at radius 2 is 2.22 bits per heavy atom. The van der Waals surface area contributed by atoms with Crippen LogP contribution in [0.3, 0.4) is 0 Å². The molecule has 0 spiro atoms. The highest BCUT2D eigenvalue weighted by Gasteiger charge is 2.38. The zero-order valence-corrected chi connectivity index (χ0v) is 11.0. The third-order valence-corrected chi connectivity index (χ3v) is 5.32. The fourth-order valence-electron chi connectivity index (χ4n) is 3.06. The van der Waals surface area contributed by atoms with E-state index in [2.05, 4.69) is 42.5 Å². The van der Waals surface area contributed by atoms with Crippen LogP contribution in [0.25, 0.3) is 0 Å². The van der Waals surface area contributed by atoms with Crippen molar-refractivity contribution in [1.29, 1.82) is 0 Å². The number of allylic oxidation sites excluding steroid dienone is 11. The average molecular weight is 254 g/mol. The summed E-state index contributed by atoms with van der Waals surface area (Å²) in [6.45, 7) is 0. The van der Waals surface area contributed by atoms with Crippen LogP contribution in [0.15, 0.2) is 69.2 Å². The molecule has 4 rings (SSSR count). The summed E-state index contributed by atoms with van der Waals surface area (Å²) in [7, 11) is 1.75. The SMILES string of the molecule is COC1=CCC2C(=C1)SC1=C2C=C2C=CC=CC21. The molecule has 0 radical (unpaired) electrons. The molecule has 0 amide bonds. The topological polar surface area (TPSA) is 9.23 Å². The number of thioether (sulfide) groups is 1. The summed E-state index contributed by atoms with van der Waals surface area (Å²) in [5, 5.41) is 0. The highest BCUT2D eigenvalue weighted by atomic mass is 32.2. The van der Waals surface area contributed by atoms with Gasteiger partial charge in [0.05, 0.1) is 7.11 Å². The maximum Gasteiger partial charge on any atom is 0.115 e. The summed E-state index contributed by atoms with van der Waals surface area (Å²) in [6.07, 6.45) is 16.7. The number of ether oxygens (including phenoxy) is 1. The predicted molar refractivity (Wildman–Crippen MR) is 75.8 cm³/mol. The molecular weight excluding hydrogens is 240 g/mol. The second-order valence-corrected chi connectivity index (χ2v) is 6.05. The number of methoxy groups -OCH3 is 1. The molecule has 2 heteroatoms. The van der Waals surface area contributed by atoms with Gasteiger partial charge in [-0.25, -0.2) is 0 Å². The van der Waals surface area contributed by atoms with Gasteiger partial charge in [0.25, 0.3) is 0 Å². The van der Waals surface area contributed by atoms with Gasteiger partial charge >= 0.3 is 0 Å². The first-order chi connectivity index (χ1) is 8.86. The Balaban J connectivity index is 1.72. The van der Waals surface area contributed by atoms with E-state index in [-0.39, 0.29) is 0 Å². The largest absolute Gasteiger partial charge is 0.497 e. The molecule has 1 aliphatic heterocycles. The predicted octanol–water partition coefficient (Wildman–Crippen LogP) is 4.10. The molecule has 0 aromatic carbocycles. The Morgan fingerprint density at radius 1 is 1.28 bits per heavy atom. The fourth-order valence-corrected chi connectivity index (χ4v) is 4.51. The van der Waals surface area contributed by atoms with Crippen molar-refractivity contribution in [3.63, 3.8) is 0 Å². The van der Waals surface area contributed by atoms with E-state index in [1.807, 2.05) is 11.8 Å². The second-order valence-electron chi connectivity index (χ2n) is 4.93. The number of fused-ring (bicyclic) bond motifs is 4. The van der Waals surface area contributed by atoms with Gasteiger partial charge < -0.3 is 4.74 Å². The van der Waals surface area contributed by atoms with E-state index in [0.717, 1.165) is 12.2 Å². The van der Waals surface area contributed by atoms with Crippen LogP contribution in [-0.4, -0.2) is 7.11 Å². The minimum absolute atomic E-state index is 0.507. The van der Waals surface area contributed by atoms with Crippen LogP contribution in [0.4, 0.5) is 0 Å². The molecule has 0 fully saturated rings. The second kappa shape index (κ2) is 3.79. The average Bonchev–Trinajstić information content (AvgIpc) is 2.93. The van der Waals surface area contributed by atoms with Crippen molar-refractivity contribution < 1.29 is 4.74 Å². The van der Waals surface area contributed by atoms with Crippen LogP contribution in [0.1, 0.15) is 6.42 Å². The van der Waals surface area contributed by atoms with E-state index in [0.29, 0.717) is 11.8 Å². The molecule has 0 saturated heterocycles. The van der Waals surface area contributed by atoms with Crippen LogP contribution in [-0.2, 0) is 4.74 Å². The van der Waals surface area contributed by atoms with Gasteiger partial charge in [0.1, 0.15) is 5.76 Å². The van der Waals surface area contributed by atoms with E-state index < -0.39 is 0 Å². The lowest BCUT2D eigenvalue weighted by Gasteiger charge is -2.19. The number of hydrogen-bond acceptors (Lipinski definition) is 2. The summed E-state index contributed by atoms with van der Waals surface area (Å²) in [6, 6.07) is 0. The normalized spacial score (nSPS) is 31.5. The van der Waals surface area contributed by atoms with Gasteiger partial charge in [0, 0.05) is 21.6 Å². The lowest BCUT2D eigenvalue weighted by molar-refractivity contribution is 0.302. The van der Waals surface area contributed by atoms with E-state index in [9.17, 15) is 0 Å². The van der Waals surface area contributed by atoms with Gasteiger partial charge in [-0.1, -0.05) is 42.1 Å². The van der Waals surface area contributed by atoms with Crippen LogP contribution < -0.4 is 0 Å².